The molecule has 30 heavy (non-hydrogen) atoms. The van der Waals surface area contributed by atoms with Crippen molar-refractivity contribution < 1.29 is 14.3 Å². The van der Waals surface area contributed by atoms with Crippen LogP contribution in [0.4, 0.5) is 4.39 Å². The lowest BCUT2D eigenvalue weighted by molar-refractivity contribution is -0.147. The van der Waals surface area contributed by atoms with Crippen molar-refractivity contribution in [1.29, 1.82) is 0 Å². The Morgan fingerprint density at radius 2 is 1.87 bits per heavy atom. The monoisotopic (exact) mass is 408 g/mol. The van der Waals surface area contributed by atoms with Gasteiger partial charge in [-0.15, -0.1) is 0 Å². The molecule has 1 aliphatic rings. The molecule has 0 radical (unpaired) electrons. The number of likely N-dealkylation sites (tertiary alicyclic amines) is 1. The fraction of sp³-hybridized carbons (Fsp3) is 0.333. The Kier molecular flexibility index (Phi) is 4.98. The van der Waals surface area contributed by atoms with E-state index in [0.29, 0.717) is 41.5 Å². The van der Waals surface area contributed by atoms with Crippen molar-refractivity contribution in [3.8, 4) is 11.3 Å². The number of aliphatic hydroxyl groups is 1. The molecular weight excluding hydrogens is 383 g/mol. The van der Waals surface area contributed by atoms with Crippen molar-refractivity contribution in [2.75, 3.05) is 13.1 Å². The number of carbonyl (C=O) groups is 1. The minimum absolute atomic E-state index is 0.0137. The standard InChI is InChI=1S/C24H25FN2O3/c1-4-24(3,23(30)27-12-18(28)13-27)16-7-5-15(6-8-16)21-11-19-14(2)9-17(25)10-20(19)22(29)26-21/h5-11,18,28H,4,12-13H2,1-3H3,(H,26,29). The highest BCUT2D eigenvalue weighted by Crippen LogP contribution is 2.33. The van der Waals surface area contributed by atoms with Gasteiger partial charge in [0.25, 0.3) is 5.56 Å². The molecule has 2 N–H and O–H groups in total. The number of fused-ring (bicyclic) bond motifs is 1. The number of nitrogens with one attached hydrogen (secondary N) is 1. The van der Waals surface area contributed by atoms with Gasteiger partial charge in [-0.2, -0.15) is 0 Å². The van der Waals surface area contributed by atoms with Gasteiger partial charge >= 0.3 is 0 Å². The number of halogens is 1. The highest BCUT2D eigenvalue weighted by Gasteiger charge is 2.41. The number of carbonyl (C=O) groups excluding carboxylic acids is 1. The van der Waals surface area contributed by atoms with E-state index < -0.39 is 17.3 Å². The number of hydrogen-bond donors (Lipinski definition) is 2. The summed E-state index contributed by atoms with van der Waals surface area (Å²) >= 11 is 0. The summed E-state index contributed by atoms with van der Waals surface area (Å²) in [7, 11) is 0. The minimum atomic E-state index is -0.677. The molecule has 5 nitrogen and oxygen atoms in total. The number of hydrogen-bond acceptors (Lipinski definition) is 3. The lowest BCUT2D eigenvalue weighted by Crippen LogP contribution is -2.58. The summed E-state index contributed by atoms with van der Waals surface area (Å²) < 4.78 is 13.7. The second-order valence-corrected chi connectivity index (χ2v) is 8.32. The van der Waals surface area contributed by atoms with Crippen LogP contribution in [0.25, 0.3) is 22.0 Å². The number of β-amino-alcohol motifs (C(OH)–C–C–N with tert-alkyl or cyclic N) is 1. The number of aliphatic hydroxyl groups excluding tert-OH is 1. The quantitative estimate of drug-likeness (QED) is 0.694. The van der Waals surface area contributed by atoms with Crippen LogP contribution in [0, 0.1) is 12.7 Å². The van der Waals surface area contributed by atoms with E-state index in [0.717, 1.165) is 11.1 Å². The van der Waals surface area contributed by atoms with E-state index in [1.807, 2.05) is 44.2 Å². The van der Waals surface area contributed by atoms with Gasteiger partial charge in [0.05, 0.1) is 16.9 Å². The first kappa shape index (κ1) is 20.3. The molecule has 4 rings (SSSR count). The summed E-state index contributed by atoms with van der Waals surface area (Å²) in [6, 6.07) is 12.1. The number of aryl methyl sites for hydroxylation is 1. The molecule has 0 saturated carbocycles. The first-order chi connectivity index (χ1) is 14.2. The fourth-order valence-corrected chi connectivity index (χ4v) is 4.13. The third-order valence-corrected chi connectivity index (χ3v) is 6.29. The summed E-state index contributed by atoms with van der Waals surface area (Å²) in [5, 5.41) is 10.6. The fourth-order valence-electron chi connectivity index (χ4n) is 4.13. The largest absolute Gasteiger partial charge is 0.389 e. The lowest BCUT2D eigenvalue weighted by Gasteiger charge is -2.42. The maximum Gasteiger partial charge on any atom is 0.256 e. The number of nitrogens with zero attached hydrogens (tertiary/aromatic N) is 1. The van der Waals surface area contributed by atoms with Gasteiger partial charge in [0.15, 0.2) is 0 Å². The summed E-state index contributed by atoms with van der Waals surface area (Å²) in [4.78, 5) is 30.0. The molecule has 0 spiro atoms. The Labute approximate surface area is 174 Å². The summed E-state index contributed by atoms with van der Waals surface area (Å²) in [5.74, 6) is -0.416. The van der Waals surface area contributed by atoms with Gasteiger partial charge in [-0.25, -0.2) is 4.39 Å². The molecule has 1 fully saturated rings. The highest BCUT2D eigenvalue weighted by atomic mass is 19.1. The van der Waals surface area contributed by atoms with Crippen LogP contribution in [0.2, 0.25) is 0 Å². The van der Waals surface area contributed by atoms with Gasteiger partial charge in [0.1, 0.15) is 5.82 Å². The summed E-state index contributed by atoms with van der Waals surface area (Å²) in [6.07, 6.45) is 0.203. The van der Waals surface area contributed by atoms with Crippen molar-refractivity contribution in [1.82, 2.24) is 9.88 Å². The number of aromatic amines is 1. The van der Waals surface area contributed by atoms with Gasteiger partial charge in [0, 0.05) is 18.8 Å². The molecular formula is C24H25FN2O3. The Hall–Kier alpha value is -2.99. The second kappa shape index (κ2) is 7.36. The van der Waals surface area contributed by atoms with E-state index in [-0.39, 0.29) is 11.5 Å². The molecule has 1 amide bonds. The average molecular weight is 408 g/mol. The van der Waals surface area contributed by atoms with Gasteiger partial charge in [0.2, 0.25) is 5.91 Å². The van der Waals surface area contributed by atoms with Crippen LogP contribution in [0.1, 0.15) is 31.4 Å². The van der Waals surface area contributed by atoms with Gasteiger partial charge in [-0.05, 0) is 60.5 Å². The number of rotatable bonds is 4. The zero-order valence-corrected chi connectivity index (χ0v) is 17.3. The molecule has 6 heteroatoms. The van der Waals surface area contributed by atoms with E-state index in [2.05, 4.69) is 4.98 Å². The Bertz CT molecular complexity index is 1180. The van der Waals surface area contributed by atoms with Crippen molar-refractivity contribution in [3.63, 3.8) is 0 Å². The number of H-pyrrole nitrogens is 1. The van der Waals surface area contributed by atoms with Gasteiger partial charge in [-0.3, -0.25) is 9.59 Å². The zero-order chi connectivity index (χ0) is 21.6. The maximum absolute atomic E-state index is 13.7. The van der Waals surface area contributed by atoms with Crippen LogP contribution in [0.5, 0.6) is 0 Å². The van der Waals surface area contributed by atoms with E-state index in [1.54, 1.807) is 11.8 Å². The number of aromatic nitrogens is 1. The predicted molar refractivity (Wildman–Crippen MR) is 115 cm³/mol. The molecule has 3 aromatic rings. The van der Waals surface area contributed by atoms with E-state index in [9.17, 15) is 19.1 Å². The van der Waals surface area contributed by atoms with Gasteiger partial charge in [-0.1, -0.05) is 31.2 Å². The Morgan fingerprint density at radius 3 is 2.47 bits per heavy atom. The third kappa shape index (κ3) is 3.31. The van der Waals surface area contributed by atoms with Crippen LogP contribution in [0.15, 0.2) is 47.3 Å². The average Bonchev–Trinajstić information content (AvgIpc) is 2.71. The smallest absolute Gasteiger partial charge is 0.256 e. The SMILES string of the molecule is CCC(C)(C(=O)N1CC(O)C1)c1ccc(-c2cc3c(C)cc(F)cc3c(=O)[nH]2)cc1. The normalized spacial score (nSPS) is 16.4. The van der Waals surface area contributed by atoms with Crippen molar-refractivity contribution in [2.24, 2.45) is 0 Å². The summed E-state index contributed by atoms with van der Waals surface area (Å²) in [5.41, 5.74) is 2.04. The summed E-state index contributed by atoms with van der Waals surface area (Å²) in [6.45, 7) is 6.44. The van der Waals surface area contributed by atoms with Crippen LogP contribution in [0.3, 0.4) is 0 Å². The molecule has 0 bridgehead atoms. The van der Waals surface area contributed by atoms with Gasteiger partial charge < -0.3 is 15.0 Å². The van der Waals surface area contributed by atoms with E-state index in [4.69, 9.17) is 0 Å². The second-order valence-electron chi connectivity index (χ2n) is 8.32. The van der Waals surface area contributed by atoms with Crippen LogP contribution in [-0.2, 0) is 10.2 Å². The Balaban J connectivity index is 1.70. The van der Waals surface area contributed by atoms with Crippen LogP contribution >= 0.6 is 0 Å². The molecule has 1 aliphatic heterocycles. The van der Waals surface area contributed by atoms with Crippen molar-refractivity contribution in [2.45, 2.75) is 38.7 Å². The molecule has 1 atom stereocenters. The van der Waals surface area contributed by atoms with Crippen molar-refractivity contribution in [3.05, 3.63) is 69.8 Å². The lowest BCUT2D eigenvalue weighted by atomic mass is 9.77. The predicted octanol–water partition coefficient (Wildman–Crippen LogP) is 3.51. The first-order valence-corrected chi connectivity index (χ1v) is 10.1. The molecule has 0 aliphatic carbocycles. The molecule has 2 aromatic carbocycles. The zero-order valence-electron chi connectivity index (χ0n) is 17.3. The van der Waals surface area contributed by atoms with Crippen LogP contribution < -0.4 is 5.56 Å². The van der Waals surface area contributed by atoms with E-state index in [1.165, 1.54) is 12.1 Å². The first-order valence-electron chi connectivity index (χ1n) is 10.1. The molecule has 2 heterocycles. The van der Waals surface area contributed by atoms with Crippen LogP contribution in [-0.4, -0.2) is 40.1 Å². The molecule has 1 saturated heterocycles. The number of benzene rings is 2. The Morgan fingerprint density at radius 1 is 1.20 bits per heavy atom. The van der Waals surface area contributed by atoms with Crippen molar-refractivity contribution >= 4 is 16.7 Å². The van der Waals surface area contributed by atoms with E-state index >= 15 is 0 Å². The highest BCUT2D eigenvalue weighted by molar-refractivity contribution is 5.89. The molecule has 1 unspecified atom stereocenters. The maximum atomic E-state index is 13.7. The number of pyridine rings is 1. The topological polar surface area (TPSA) is 73.4 Å². The minimum Gasteiger partial charge on any atom is -0.389 e. The third-order valence-electron chi connectivity index (χ3n) is 6.29. The molecule has 1 aromatic heterocycles. The number of amides is 1. The molecule has 156 valence electrons.